The number of hydrogen-bond donors (Lipinski definition) is 2. The molecule has 1 unspecified atom stereocenters. The van der Waals surface area contributed by atoms with E-state index >= 15 is 0 Å². The third-order valence-corrected chi connectivity index (χ3v) is 2.71. The van der Waals surface area contributed by atoms with E-state index in [2.05, 4.69) is 5.32 Å². The summed E-state index contributed by atoms with van der Waals surface area (Å²) in [6, 6.07) is 3.36. The van der Waals surface area contributed by atoms with E-state index in [-0.39, 0.29) is 11.4 Å². The van der Waals surface area contributed by atoms with Gasteiger partial charge in [-0.3, -0.25) is 14.9 Å². The van der Waals surface area contributed by atoms with E-state index < -0.39 is 22.6 Å². The molecule has 6 nitrogen and oxygen atoms in total. The summed E-state index contributed by atoms with van der Waals surface area (Å²) in [5, 5.41) is 21.9. The molecule has 0 aliphatic carbocycles. The second-order valence-corrected chi connectivity index (χ2v) is 4.23. The van der Waals surface area contributed by atoms with Crippen LogP contribution in [0.5, 0.6) is 0 Å². The van der Waals surface area contributed by atoms with Crippen molar-refractivity contribution < 1.29 is 19.2 Å². The van der Waals surface area contributed by atoms with E-state index in [0.717, 1.165) is 6.07 Å². The summed E-state index contributed by atoms with van der Waals surface area (Å²) in [7, 11) is 0. The van der Waals surface area contributed by atoms with Gasteiger partial charge in [0.25, 0.3) is 5.69 Å². The molecule has 1 atom stereocenters. The van der Waals surface area contributed by atoms with Crippen molar-refractivity contribution in [3.05, 3.63) is 34.1 Å². The van der Waals surface area contributed by atoms with Crippen LogP contribution in [-0.2, 0) is 4.79 Å². The largest absolute Gasteiger partial charge is 0.481 e. The minimum atomic E-state index is -0.860. The quantitative estimate of drug-likeness (QED) is 0.451. The van der Waals surface area contributed by atoms with Gasteiger partial charge in [0, 0.05) is 12.6 Å². The van der Waals surface area contributed by atoms with Crippen molar-refractivity contribution in [1.29, 1.82) is 0 Å². The summed E-state index contributed by atoms with van der Waals surface area (Å²) in [4.78, 5) is 20.3. The number of aliphatic carboxylic acids is 1. The second kappa shape index (κ2) is 6.67. The molecule has 7 heteroatoms. The lowest BCUT2D eigenvalue weighted by Gasteiger charge is -2.09. The number of halogens is 1. The van der Waals surface area contributed by atoms with Gasteiger partial charge in [-0.25, -0.2) is 4.39 Å². The Morgan fingerprint density at radius 2 is 2.26 bits per heavy atom. The van der Waals surface area contributed by atoms with Crippen LogP contribution < -0.4 is 5.32 Å². The molecule has 1 aromatic carbocycles. The molecule has 0 bridgehead atoms. The molecule has 104 valence electrons. The minimum Gasteiger partial charge on any atom is -0.481 e. The Bertz CT molecular complexity index is 479. The first kappa shape index (κ1) is 14.9. The fraction of sp³-hybridized carbons (Fsp3) is 0.417. The zero-order valence-corrected chi connectivity index (χ0v) is 10.4. The molecule has 0 aliphatic rings. The minimum absolute atomic E-state index is 0.175. The van der Waals surface area contributed by atoms with Crippen LogP contribution in [0.25, 0.3) is 0 Å². The standard InChI is InChI=1S/C12H15FN2O4/c1-8(12(16)17)3-2-6-14-11-5-4-9(15(18)19)7-10(11)13/h4-5,7-8,14H,2-3,6H2,1H3,(H,16,17). The van der Waals surface area contributed by atoms with Gasteiger partial charge in [0.1, 0.15) is 0 Å². The number of rotatable bonds is 7. The van der Waals surface area contributed by atoms with Crippen LogP contribution in [0, 0.1) is 21.8 Å². The van der Waals surface area contributed by atoms with Gasteiger partial charge in [0.2, 0.25) is 0 Å². The first-order valence-electron chi connectivity index (χ1n) is 5.82. The fourth-order valence-electron chi connectivity index (χ4n) is 1.52. The van der Waals surface area contributed by atoms with Crippen molar-refractivity contribution in [2.24, 2.45) is 5.92 Å². The average Bonchev–Trinajstić information content (AvgIpc) is 2.35. The van der Waals surface area contributed by atoms with E-state index in [1.54, 1.807) is 6.92 Å². The number of nitrogens with zero attached hydrogens (tertiary/aromatic N) is 1. The highest BCUT2D eigenvalue weighted by Gasteiger charge is 2.12. The highest BCUT2D eigenvalue weighted by molar-refractivity contribution is 5.69. The van der Waals surface area contributed by atoms with Crippen LogP contribution in [0.15, 0.2) is 18.2 Å². The van der Waals surface area contributed by atoms with Crippen molar-refractivity contribution in [2.45, 2.75) is 19.8 Å². The number of benzene rings is 1. The van der Waals surface area contributed by atoms with Crippen molar-refractivity contribution in [3.8, 4) is 0 Å². The maximum atomic E-state index is 13.5. The first-order valence-corrected chi connectivity index (χ1v) is 5.82. The van der Waals surface area contributed by atoms with Crippen LogP contribution in [0.4, 0.5) is 15.8 Å². The van der Waals surface area contributed by atoms with Crippen molar-refractivity contribution >= 4 is 17.3 Å². The number of nitro groups is 1. The second-order valence-electron chi connectivity index (χ2n) is 4.23. The van der Waals surface area contributed by atoms with E-state index in [9.17, 15) is 19.3 Å². The topological polar surface area (TPSA) is 92.5 Å². The molecular formula is C12H15FN2O4. The smallest absolute Gasteiger partial charge is 0.306 e. The third kappa shape index (κ3) is 4.53. The molecule has 1 rings (SSSR count). The molecule has 0 saturated carbocycles. The number of carboxylic acid groups (broad SMARTS) is 1. The summed E-state index contributed by atoms with van der Waals surface area (Å²) in [5.41, 5.74) is -0.129. The van der Waals surface area contributed by atoms with Gasteiger partial charge in [0.05, 0.1) is 22.6 Å². The summed E-state index contributed by atoms with van der Waals surface area (Å²) in [6.07, 6.45) is 1.06. The predicted octanol–water partition coefficient (Wildman–Crippen LogP) is 2.65. The number of carboxylic acids is 1. The van der Waals surface area contributed by atoms with Gasteiger partial charge < -0.3 is 10.4 Å². The Labute approximate surface area is 109 Å². The Morgan fingerprint density at radius 3 is 2.79 bits per heavy atom. The monoisotopic (exact) mass is 270 g/mol. The molecule has 0 aliphatic heterocycles. The van der Waals surface area contributed by atoms with Gasteiger partial charge >= 0.3 is 5.97 Å². The van der Waals surface area contributed by atoms with E-state index in [4.69, 9.17) is 5.11 Å². The number of carbonyl (C=O) groups is 1. The number of anilines is 1. The Balaban J connectivity index is 2.46. The number of hydrogen-bond acceptors (Lipinski definition) is 4. The summed E-state index contributed by atoms with van der Waals surface area (Å²) >= 11 is 0. The van der Waals surface area contributed by atoms with Crippen LogP contribution in [-0.4, -0.2) is 22.5 Å². The molecular weight excluding hydrogens is 255 g/mol. The van der Waals surface area contributed by atoms with Gasteiger partial charge in [0.15, 0.2) is 5.82 Å². The molecule has 0 amide bonds. The lowest BCUT2D eigenvalue weighted by molar-refractivity contribution is -0.385. The molecule has 0 fully saturated rings. The van der Waals surface area contributed by atoms with Crippen LogP contribution in [0.2, 0.25) is 0 Å². The van der Waals surface area contributed by atoms with Crippen LogP contribution in [0.1, 0.15) is 19.8 Å². The molecule has 0 saturated heterocycles. The van der Waals surface area contributed by atoms with Crippen molar-refractivity contribution in [3.63, 3.8) is 0 Å². The highest BCUT2D eigenvalue weighted by atomic mass is 19.1. The summed E-state index contributed by atoms with van der Waals surface area (Å²) in [5.74, 6) is -1.99. The maximum absolute atomic E-state index is 13.5. The molecule has 0 spiro atoms. The summed E-state index contributed by atoms with van der Waals surface area (Å²) < 4.78 is 13.5. The Kier molecular flexibility index (Phi) is 5.23. The molecule has 19 heavy (non-hydrogen) atoms. The van der Waals surface area contributed by atoms with E-state index in [0.29, 0.717) is 19.4 Å². The molecule has 0 aromatic heterocycles. The third-order valence-electron chi connectivity index (χ3n) is 2.71. The average molecular weight is 270 g/mol. The van der Waals surface area contributed by atoms with Crippen molar-refractivity contribution in [2.75, 3.05) is 11.9 Å². The Hall–Kier alpha value is -2.18. The number of nitro benzene ring substituents is 1. The molecule has 1 aromatic rings. The Morgan fingerprint density at radius 1 is 1.58 bits per heavy atom. The van der Waals surface area contributed by atoms with E-state index in [1.165, 1.54) is 12.1 Å². The van der Waals surface area contributed by atoms with Crippen LogP contribution in [0.3, 0.4) is 0 Å². The fourth-order valence-corrected chi connectivity index (χ4v) is 1.52. The van der Waals surface area contributed by atoms with Gasteiger partial charge in [-0.05, 0) is 18.9 Å². The normalized spacial score (nSPS) is 11.9. The molecule has 2 N–H and O–H groups in total. The van der Waals surface area contributed by atoms with E-state index in [1.807, 2.05) is 0 Å². The van der Waals surface area contributed by atoms with Crippen molar-refractivity contribution in [1.82, 2.24) is 0 Å². The molecule has 0 heterocycles. The van der Waals surface area contributed by atoms with Crippen LogP contribution >= 0.6 is 0 Å². The lowest BCUT2D eigenvalue weighted by Crippen LogP contribution is -2.12. The number of nitrogens with one attached hydrogen (secondary N) is 1. The SMILES string of the molecule is CC(CCCNc1ccc([N+](=O)[O-])cc1F)C(=O)O. The van der Waals surface area contributed by atoms with Gasteiger partial charge in [-0.15, -0.1) is 0 Å². The lowest BCUT2D eigenvalue weighted by atomic mass is 10.1. The zero-order chi connectivity index (χ0) is 14.4. The maximum Gasteiger partial charge on any atom is 0.306 e. The van der Waals surface area contributed by atoms with Gasteiger partial charge in [-0.2, -0.15) is 0 Å². The molecule has 0 radical (unpaired) electrons. The summed E-state index contributed by atoms with van der Waals surface area (Å²) in [6.45, 7) is 2.02. The van der Waals surface area contributed by atoms with Gasteiger partial charge in [-0.1, -0.05) is 6.92 Å². The zero-order valence-electron chi connectivity index (χ0n) is 10.4. The predicted molar refractivity (Wildman–Crippen MR) is 67.6 cm³/mol. The first-order chi connectivity index (χ1) is 8.91. The highest BCUT2D eigenvalue weighted by Crippen LogP contribution is 2.20. The number of non-ortho nitro benzene ring substituents is 1.